The summed E-state index contributed by atoms with van der Waals surface area (Å²) < 4.78 is 56.2. The van der Waals surface area contributed by atoms with E-state index in [9.17, 15) is 27.2 Å². The predicted octanol–water partition coefficient (Wildman–Crippen LogP) is 4.48. The molecule has 0 saturated carbocycles. The minimum Gasteiger partial charge on any atom is -0.460 e. The maximum atomic E-state index is 11.2. The van der Waals surface area contributed by atoms with Crippen molar-refractivity contribution in [2.24, 2.45) is 5.11 Å². The van der Waals surface area contributed by atoms with Crippen LogP contribution in [-0.4, -0.2) is 86.7 Å². The van der Waals surface area contributed by atoms with Gasteiger partial charge in [-0.3, -0.25) is 27.9 Å². The molecule has 21 heteroatoms. The number of alkyl halides is 3. The van der Waals surface area contributed by atoms with E-state index in [1.54, 1.807) is 20.8 Å². The van der Waals surface area contributed by atoms with Gasteiger partial charge >= 0.3 is 47.5 Å². The molecule has 0 aliphatic heterocycles. The molecule has 0 amide bonds. The van der Waals surface area contributed by atoms with Crippen LogP contribution in [0.25, 0.3) is 26.4 Å². The fourth-order valence-electron chi connectivity index (χ4n) is 2.17. The first-order valence-electron chi connectivity index (χ1n) is 14.5. The molecule has 0 rings (SSSR count). The fraction of sp³-hybridized carbons (Fsp3) is 0.889. The number of rotatable bonds is 12. The van der Waals surface area contributed by atoms with Crippen molar-refractivity contribution >= 4 is 51.2 Å². The SMILES string of the molecule is CC(C)(C)OC(=O)CCCN=[N+]=[N-].CC(C)(C)OC(=O)CCCO.CC(C)(C)OC(=O)CCCOS(C)(=O)=O.ClCCl.[2H]CF.[N-]=[N+]=[N-].[Na+]. The first-order valence-corrected chi connectivity index (χ1v) is 16.7. The van der Waals surface area contributed by atoms with E-state index in [1.807, 2.05) is 41.5 Å². The maximum Gasteiger partial charge on any atom is 1.00 e. The molecule has 0 fully saturated rings. The Morgan fingerprint density at radius 1 is 0.812 bits per heavy atom. The van der Waals surface area contributed by atoms with Crippen molar-refractivity contribution in [2.75, 3.05) is 38.5 Å². The number of ether oxygens (including phenoxy) is 3. The number of carbonyl (C=O) groups excluding carboxylic acids is 3. The fourth-order valence-corrected chi connectivity index (χ4v) is 2.59. The van der Waals surface area contributed by atoms with Crippen molar-refractivity contribution in [1.29, 1.82) is 0 Å². The number of hydrogen-bond acceptors (Lipinski definition) is 11. The Morgan fingerprint density at radius 3 is 1.35 bits per heavy atom. The van der Waals surface area contributed by atoms with E-state index in [-0.39, 0.29) is 72.4 Å². The largest absolute Gasteiger partial charge is 1.00 e. The van der Waals surface area contributed by atoms with Crippen LogP contribution in [0.4, 0.5) is 4.39 Å². The Kier molecular flexibility index (Phi) is 46.7. The van der Waals surface area contributed by atoms with E-state index in [4.69, 9.17) is 60.5 Å². The van der Waals surface area contributed by atoms with Gasteiger partial charge in [-0.2, -0.15) is 8.42 Å². The van der Waals surface area contributed by atoms with Gasteiger partial charge in [-0.25, -0.2) is 0 Å². The number of hydrogen-bond donors (Lipinski definition) is 1. The Bertz CT molecular complexity index is 1020. The number of nitrogens with zero attached hydrogens (tertiary/aromatic N) is 6. The summed E-state index contributed by atoms with van der Waals surface area (Å²) in [5.74, 6) is -0.841. The standard InChI is InChI=1S/C9H18O5S.C8H15N3O2.C8H16O3.CH2Cl2.CH3F.N3.Na/c1-9(2,3)14-8(10)6-5-7-13-15(4,11)12;1-8(2,3)13-7(12)5-4-6-10-11-9;1-8(2,3)11-7(10)5-4-6-9;2-1-3;1-2;1-3-2;/h5-7H2,1-4H3;4-6H2,1-3H3;9H,4-6H2,1-3H3;1H2;1H3;;/q;;;;;-1;+1/i;;;;1D;;. The van der Waals surface area contributed by atoms with Crippen LogP contribution in [0.15, 0.2) is 5.11 Å². The zero-order valence-corrected chi connectivity index (χ0v) is 34.5. The van der Waals surface area contributed by atoms with Gasteiger partial charge in [0.25, 0.3) is 10.1 Å². The van der Waals surface area contributed by atoms with Crippen molar-refractivity contribution in [1.82, 2.24) is 0 Å². The maximum absolute atomic E-state index is 11.2. The third kappa shape index (κ3) is 84.8. The second kappa shape index (κ2) is 38.2. The topological polar surface area (TPSA) is 250 Å². The smallest absolute Gasteiger partial charge is 0.460 e. The zero-order chi connectivity index (χ0) is 39.5. The summed E-state index contributed by atoms with van der Waals surface area (Å²) in [5, 5.41) is 11.9. The number of aliphatic hydroxyl groups excluding tert-OH is 1. The van der Waals surface area contributed by atoms with Crippen molar-refractivity contribution in [3.8, 4) is 0 Å². The first kappa shape index (κ1) is 58.6. The van der Waals surface area contributed by atoms with E-state index in [1.165, 1.54) is 4.91 Å². The molecule has 0 aromatic carbocycles. The average Bonchev–Trinajstić information content (AvgIpc) is 2.87. The van der Waals surface area contributed by atoms with Gasteiger partial charge in [0.1, 0.15) is 16.8 Å². The quantitative estimate of drug-likeness (QED) is 0.0335. The van der Waals surface area contributed by atoms with Crippen LogP contribution in [0.1, 0.15) is 102 Å². The van der Waals surface area contributed by atoms with Crippen LogP contribution in [-0.2, 0) is 42.9 Å². The molecule has 0 aromatic heterocycles. The van der Waals surface area contributed by atoms with E-state index in [2.05, 4.69) is 14.2 Å². The van der Waals surface area contributed by atoms with Gasteiger partial charge in [0, 0.05) is 37.3 Å². The van der Waals surface area contributed by atoms with E-state index in [0.29, 0.717) is 38.6 Å². The Labute approximate surface area is 318 Å². The van der Waals surface area contributed by atoms with Crippen LogP contribution in [0, 0.1) is 0 Å². The minimum atomic E-state index is -3.41. The second-order valence-corrected chi connectivity index (χ2v) is 13.9. The van der Waals surface area contributed by atoms with Crippen LogP contribution in [0.3, 0.4) is 0 Å². The summed E-state index contributed by atoms with van der Waals surface area (Å²) in [4.78, 5) is 37.2. The molecule has 1 N–H and O–H groups in total. The van der Waals surface area contributed by atoms with E-state index in [0.717, 1.165) is 6.26 Å². The summed E-state index contributed by atoms with van der Waals surface area (Å²) in [6, 6.07) is 0. The number of esters is 3. The van der Waals surface area contributed by atoms with E-state index >= 15 is 0 Å². The van der Waals surface area contributed by atoms with Crippen molar-refractivity contribution in [3.63, 3.8) is 0 Å². The average molecular weight is 769 g/mol. The molecule has 280 valence electrons. The van der Waals surface area contributed by atoms with E-state index < -0.39 is 34.1 Å². The molecule has 0 radical (unpaired) electrons. The summed E-state index contributed by atoms with van der Waals surface area (Å²) in [6.45, 7) is 16.6. The van der Waals surface area contributed by atoms with Crippen LogP contribution in [0.2, 0.25) is 0 Å². The Morgan fingerprint density at radius 2 is 1.10 bits per heavy atom. The molecule has 16 nitrogen and oxygen atoms in total. The Hall–Kier alpha value is -1.59. The summed E-state index contributed by atoms with van der Waals surface area (Å²) in [5.41, 5.74) is 20.1. The van der Waals surface area contributed by atoms with Crippen LogP contribution < -0.4 is 29.6 Å². The van der Waals surface area contributed by atoms with Gasteiger partial charge in [0.2, 0.25) is 0 Å². The van der Waals surface area contributed by atoms with Crippen LogP contribution >= 0.6 is 23.2 Å². The van der Waals surface area contributed by atoms with Gasteiger partial charge in [0.05, 0.1) is 26.7 Å². The number of carbonyl (C=O) groups is 3. The number of halogens is 3. The predicted molar refractivity (Wildman–Crippen MR) is 181 cm³/mol. The summed E-state index contributed by atoms with van der Waals surface area (Å²) >= 11 is 9.53. The molecule has 0 heterocycles. The van der Waals surface area contributed by atoms with Gasteiger partial charge in [-0.05, 0) is 87.1 Å². The van der Waals surface area contributed by atoms with Gasteiger partial charge in [0.15, 0.2) is 0 Å². The van der Waals surface area contributed by atoms with Gasteiger partial charge in [-0.1, -0.05) is 5.11 Å². The van der Waals surface area contributed by atoms with Crippen molar-refractivity contribution in [2.45, 2.75) is 118 Å². The molecular weight excluding hydrogens is 713 g/mol. The summed E-state index contributed by atoms with van der Waals surface area (Å²) in [7, 11) is -4.41. The van der Waals surface area contributed by atoms with Crippen molar-refractivity contribution < 1.29 is 81.6 Å². The first-order chi connectivity index (χ1) is 21.8. The Balaban J connectivity index is -0.0000000957. The molecular formula is C27H54Cl2FN6NaO10S. The molecule has 0 aromatic rings. The normalized spacial score (nSPS) is 10.2. The molecule has 0 saturated heterocycles. The zero-order valence-electron chi connectivity index (χ0n) is 31.1. The van der Waals surface area contributed by atoms with Crippen molar-refractivity contribution in [3.05, 3.63) is 26.4 Å². The van der Waals surface area contributed by atoms with Crippen LogP contribution in [0.5, 0.6) is 0 Å². The monoisotopic (exact) mass is 767 g/mol. The second-order valence-electron chi connectivity index (χ2n) is 11.5. The van der Waals surface area contributed by atoms with Gasteiger partial charge in [-0.15, -0.1) is 23.2 Å². The third-order valence-corrected chi connectivity index (χ3v) is 3.92. The molecule has 0 spiro atoms. The number of azide groups is 1. The minimum absolute atomic E-state index is 0. The summed E-state index contributed by atoms with van der Waals surface area (Å²) in [6.07, 6.45) is 3.09. The molecule has 0 aliphatic carbocycles. The molecule has 0 atom stereocenters. The molecule has 0 bridgehead atoms. The molecule has 0 aliphatic rings. The molecule has 48 heavy (non-hydrogen) atoms. The third-order valence-electron chi connectivity index (χ3n) is 3.32. The van der Waals surface area contributed by atoms with Gasteiger partial charge < -0.3 is 30.4 Å². The number of aliphatic hydroxyl groups is 1. The molecule has 0 unspecified atom stereocenters.